The smallest absolute Gasteiger partial charge is 0.123 e. The van der Waals surface area contributed by atoms with Crippen LogP contribution in [0.3, 0.4) is 0 Å². The topological polar surface area (TPSA) is 38.5 Å². The summed E-state index contributed by atoms with van der Waals surface area (Å²) < 4.78 is 5.41. The highest BCUT2D eigenvalue weighted by Gasteiger charge is 2.25. The van der Waals surface area contributed by atoms with Gasteiger partial charge in [-0.15, -0.1) is 0 Å². The number of hydrogen-bond acceptors (Lipinski definition) is 3. The molecule has 0 radical (unpaired) electrons. The normalized spacial score (nSPS) is 11.9. The van der Waals surface area contributed by atoms with E-state index in [1.165, 1.54) is 0 Å². The zero-order valence-electron chi connectivity index (χ0n) is 12.4. The van der Waals surface area contributed by atoms with Crippen molar-refractivity contribution >= 4 is 11.6 Å². The molecule has 19 heavy (non-hydrogen) atoms. The summed E-state index contributed by atoms with van der Waals surface area (Å²) in [5, 5.41) is 0.734. The summed E-state index contributed by atoms with van der Waals surface area (Å²) in [6.07, 6.45) is 1.09. The molecular formula is C15H25ClN2O. The van der Waals surface area contributed by atoms with Gasteiger partial charge in [0.15, 0.2) is 0 Å². The Balaban J connectivity index is 2.99. The van der Waals surface area contributed by atoms with Crippen LogP contribution in [0.15, 0.2) is 18.2 Å². The predicted molar refractivity (Wildman–Crippen MR) is 81.8 cm³/mol. The molecule has 0 bridgehead atoms. The van der Waals surface area contributed by atoms with E-state index in [0.717, 1.165) is 35.8 Å². The van der Waals surface area contributed by atoms with Crippen LogP contribution in [0.4, 0.5) is 0 Å². The van der Waals surface area contributed by atoms with Gasteiger partial charge in [-0.2, -0.15) is 0 Å². The molecule has 0 saturated heterocycles. The maximum atomic E-state index is 6.08. The van der Waals surface area contributed by atoms with E-state index in [2.05, 4.69) is 25.7 Å². The Kier molecular flexibility index (Phi) is 6.11. The van der Waals surface area contributed by atoms with Crippen molar-refractivity contribution in [2.75, 3.05) is 20.2 Å². The van der Waals surface area contributed by atoms with Gasteiger partial charge in [-0.1, -0.05) is 18.5 Å². The third-order valence-corrected chi connectivity index (χ3v) is 3.69. The standard InChI is InChI=1S/C15H25ClN2O/c1-5-8-18(15(2,3)11-17)10-12-9-13(16)6-7-14(12)19-4/h6-7,9H,5,8,10-11,17H2,1-4H3. The van der Waals surface area contributed by atoms with Gasteiger partial charge in [0.2, 0.25) is 0 Å². The van der Waals surface area contributed by atoms with Crippen molar-refractivity contribution in [3.8, 4) is 5.75 Å². The minimum absolute atomic E-state index is 0.0384. The highest BCUT2D eigenvalue weighted by Crippen LogP contribution is 2.26. The largest absolute Gasteiger partial charge is 0.496 e. The number of halogens is 1. The molecule has 1 rings (SSSR count). The Bertz CT molecular complexity index is 407. The molecule has 4 heteroatoms. The quantitative estimate of drug-likeness (QED) is 0.835. The second kappa shape index (κ2) is 7.13. The first-order valence-corrected chi connectivity index (χ1v) is 7.10. The monoisotopic (exact) mass is 284 g/mol. The Morgan fingerprint density at radius 2 is 2.05 bits per heavy atom. The van der Waals surface area contributed by atoms with Crippen molar-refractivity contribution < 1.29 is 4.74 Å². The van der Waals surface area contributed by atoms with Gasteiger partial charge < -0.3 is 10.5 Å². The van der Waals surface area contributed by atoms with Crippen molar-refractivity contribution in [3.63, 3.8) is 0 Å². The van der Waals surface area contributed by atoms with Crippen LogP contribution < -0.4 is 10.5 Å². The zero-order valence-corrected chi connectivity index (χ0v) is 13.1. The number of nitrogens with two attached hydrogens (primary N) is 1. The first kappa shape index (κ1) is 16.3. The van der Waals surface area contributed by atoms with Crippen LogP contribution in [0, 0.1) is 0 Å². The molecule has 1 aromatic rings. The number of ether oxygens (including phenoxy) is 1. The highest BCUT2D eigenvalue weighted by atomic mass is 35.5. The summed E-state index contributed by atoms with van der Waals surface area (Å²) in [7, 11) is 1.69. The number of hydrogen-bond donors (Lipinski definition) is 1. The third kappa shape index (κ3) is 4.37. The number of nitrogens with zero attached hydrogens (tertiary/aromatic N) is 1. The Morgan fingerprint density at radius 3 is 2.58 bits per heavy atom. The van der Waals surface area contributed by atoms with Gasteiger partial charge >= 0.3 is 0 Å². The lowest BCUT2D eigenvalue weighted by Gasteiger charge is -2.38. The van der Waals surface area contributed by atoms with E-state index in [1.54, 1.807) is 7.11 Å². The molecule has 0 atom stereocenters. The van der Waals surface area contributed by atoms with E-state index in [9.17, 15) is 0 Å². The van der Waals surface area contributed by atoms with Gasteiger partial charge in [0, 0.05) is 29.2 Å². The number of rotatable bonds is 7. The molecule has 0 aliphatic carbocycles. The van der Waals surface area contributed by atoms with E-state index in [1.807, 2.05) is 18.2 Å². The van der Waals surface area contributed by atoms with E-state index in [4.69, 9.17) is 22.1 Å². The number of methoxy groups -OCH3 is 1. The van der Waals surface area contributed by atoms with Crippen molar-refractivity contribution in [1.29, 1.82) is 0 Å². The lowest BCUT2D eigenvalue weighted by atomic mass is 10.0. The lowest BCUT2D eigenvalue weighted by Crippen LogP contribution is -2.49. The molecule has 0 aliphatic rings. The van der Waals surface area contributed by atoms with Crippen LogP contribution in [0.2, 0.25) is 5.02 Å². The average molecular weight is 285 g/mol. The van der Waals surface area contributed by atoms with Crippen molar-refractivity contribution in [3.05, 3.63) is 28.8 Å². The minimum atomic E-state index is -0.0384. The first-order chi connectivity index (χ1) is 8.94. The maximum absolute atomic E-state index is 6.08. The maximum Gasteiger partial charge on any atom is 0.123 e. The summed E-state index contributed by atoms with van der Waals surface area (Å²) >= 11 is 6.08. The molecule has 1 aromatic carbocycles. The second-order valence-corrected chi connectivity index (χ2v) is 5.83. The van der Waals surface area contributed by atoms with Crippen molar-refractivity contribution in [1.82, 2.24) is 4.90 Å². The Hall–Kier alpha value is -0.770. The summed E-state index contributed by atoms with van der Waals surface area (Å²) in [4.78, 5) is 2.38. The SMILES string of the molecule is CCCN(Cc1cc(Cl)ccc1OC)C(C)(C)CN. The molecule has 0 saturated carbocycles. The van der Waals surface area contributed by atoms with Crippen molar-refractivity contribution in [2.24, 2.45) is 5.73 Å². The highest BCUT2D eigenvalue weighted by molar-refractivity contribution is 6.30. The molecule has 0 heterocycles. The molecule has 0 fully saturated rings. The average Bonchev–Trinajstić information content (AvgIpc) is 2.38. The van der Waals surface area contributed by atoms with Gasteiger partial charge in [-0.05, 0) is 45.0 Å². The fourth-order valence-electron chi connectivity index (χ4n) is 2.07. The van der Waals surface area contributed by atoms with E-state index >= 15 is 0 Å². The second-order valence-electron chi connectivity index (χ2n) is 5.39. The summed E-state index contributed by atoms with van der Waals surface area (Å²) in [6, 6.07) is 5.73. The first-order valence-electron chi connectivity index (χ1n) is 6.72. The van der Waals surface area contributed by atoms with Crippen LogP contribution in [0.1, 0.15) is 32.8 Å². The molecule has 0 aliphatic heterocycles. The lowest BCUT2D eigenvalue weighted by molar-refractivity contribution is 0.117. The fraction of sp³-hybridized carbons (Fsp3) is 0.600. The minimum Gasteiger partial charge on any atom is -0.496 e. The van der Waals surface area contributed by atoms with Gasteiger partial charge in [0.1, 0.15) is 5.75 Å². The van der Waals surface area contributed by atoms with E-state index in [0.29, 0.717) is 6.54 Å². The molecular weight excluding hydrogens is 260 g/mol. The molecule has 0 unspecified atom stereocenters. The van der Waals surface area contributed by atoms with Gasteiger partial charge in [0.05, 0.1) is 7.11 Å². The van der Waals surface area contributed by atoms with Crippen LogP contribution >= 0.6 is 11.6 Å². The predicted octanol–water partition coefficient (Wildman–Crippen LogP) is 3.30. The Labute approximate surface area is 121 Å². The summed E-state index contributed by atoms with van der Waals surface area (Å²) in [6.45, 7) is 8.92. The molecule has 0 amide bonds. The molecule has 0 spiro atoms. The van der Waals surface area contributed by atoms with Crippen LogP contribution in [-0.2, 0) is 6.54 Å². The molecule has 2 N–H and O–H groups in total. The summed E-state index contributed by atoms with van der Waals surface area (Å²) in [5.41, 5.74) is 6.96. The molecule has 0 aromatic heterocycles. The third-order valence-electron chi connectivity index (χ3n) is 3.45. The van der Waals surface area contributed by atoms with Crippen LogP contribution in [0.5, 0.6) is 5.75 Å². The van der Waals surface area contributed by atoms with Crippen molar-refractivity contribution in [2.45, 2.75) is 39.3 Å². The van der Waals surface area contributed by atoms with Crippen LogP contribution in [-0.4, -0.2) is 30.6 Å². The number of benzene rings is 1. The van der Waals surface area contributed by atoms with Gasteiger partial charge in [-0.25, -0.2) is 0 Å². The van der Waals surface area contributed by atoms with E-state index in [-0.39, 0.29) is 5.54 Å². The van der Waals surface area contributed by atoms with Gasteiger partial charge in [-0.3, -0.25) is 4.90 Å². The summed E-state index contributed by atoms with van der Waals surface area (Å²) in [5.74, 6) is 0.873. The zero-order chi connectivity index (χ0) is 14.5. The molecule has 3 nitrogen and oxygen atoms in total. The van der Waals surface area contributed by atoms with E-state index < -0.39 is 0 Å². The Morgan fingerprint density at radius 1 is 1.37 bits per heavy atom. The molecule has 108 valence electrons. The van der Waals surface area contributed by atoms with Crippen LogP contribution in [0.25, 0.3) is 0 Å². The van der Waals surface area contributed by atoms with Gasteiger partial charge in [0.25, 0.3) is 0 Å². The fourth-order valence-corrected chi connectivity index (χ4v) is 2.27.